The Labute approximate surface area is 139 Å². The van der Waals surface area contributed by atoms with E-state index in [1.165, 1.54) is 0 Å². The highest BCUT2D eigenvalue weighted by Crippen LogP contribution is 2.65. The molecule has 0 aliphatic rings. The van der Waals surface area contributed by atoms with Crippen LogP contribution in [-0.4, -0.2) is 11.1 Å². The molecule has 0 rings (SSSR count). The molecule has 1 N–H and O–H groups in total. The van der Waals surface area contributed by atoms with Gasteiger partial charge in [0.05, 0.1) is 5.41 Å². The second-order valence-electron chi connectivity index (χ2n) is 7.06. The summed E-state index contributed by atoms with van der Waals surface area (Å²) in [5.41, 5.74) is -0.671. The second-order valence-corrected chi connectivity index (χ2v) is 7.06. The molecule has 0 heterocycles. The molecule has 0 fully saturated rings. The van der Waals surface area contributed by atoms with Crippen molar-refractivity contribution < 1.29 is 9.90 Å². The Bertz CT molecular complexity index is 334. The summed E-state index contributed by atoms with van der Waals surface area (Å²) in [5, 5.41) is 10.2. The summed E-state index contributed by atoms with van der Waals surface area (Å²) in [7, 11) is 0. The summed E-state index contributed by atoms with van der Waals surface area (Å²) in [6.07, 6.45) is 6.58. The molecule has 0 saturated heterocycles. The third-order valence-electron chi connectivity index (χ3n) is 7.51. The Balaban J connectivity index is 6.63. The molecule has 0 aromatic carbocycles. The molecule has 132 valence electrons. The largest absolute Gasteiger partial charge is 0.481 e. The minimum atomic E-state index is -0.619. The molecule has 0 aromatic heterocycles. The first-order chi connectivity index (χ1) is 10.3. The van der Waals surface area contributed by atoms with Crippen molar-refractivity contribution in [1.29, 1.82) is 0 Å². The zero-order valence-corrected chi connectivity index (χ0v) is 16.4. The van der Waals surface area contributed by atoms with Crippen LogP contribution in [-0.2, 0) is 4.79 Å². The van der Waals surface area contributed by atoms with Crippen LogP contribution in [0.2, 0.25) is 0 Å². The zero-order valence-electron chi connectivity index (χ0n) is 16.4. The van der Waals surface area contributed by atoms with E-state index in [1.54, 1.807) is 0 Å². The van der Waals surface area contributed by atoms with E-state index in [4.69, 9.17) is 0 Å². The van der Waals surface area contributed by atoms with E-state index >= 15 is 0 Å². The molecule has 0 amide bonds. The van der Waals surface area contributed by atoms with Gasteiger partial charge in [0.15, 0.2) is 0 Å². The molecule has 0 aromatic rings. The third-order valence-corrected chi connectivity index (χ3v) is 7.51. The lowest BCUT2D eigenvalue weighted by atomic mass is 9.42. The van der Waals surface area contributed by atoms with Crippen LogP contribution < -0.4 is 0 Å². The van der Waals surface area contributed by atoms with Crippen molar-refractivity contribution in [2.75, 3.05) is 0 Å². The first kappa shape index (κ1) is 21.5. The van der Waals surface area contributed by atoms with E-state index in [2.05, 4.69) is 55.4 Å². The Morgan fingerprint density at radius 2 is 1.23 bits per heavy atom. The first-order valence-electron chi connectivity index (χ1n) is 9.52. The number of carboxylic acid groups (broad SMARTS) is 1. The van der Waals surface area contributed by atoms with Crippen LogP contribution in [0.25, 0.3) is 0 Å². The average Bonchev–Trinajstić information content (AvgIpc) is 2.54. The zero-order chi connectivity index (χ0) is 17.6. The predicted octanol–water partition coefficient (Wildman–Crippen LogP) is 6.54. The molecule has 2 nitrogen and oxygen atoms in total. The molecule has 0 saturated carbocycles. The maximum atomic E-state index is 12.4. The number of hydrogen-bond acceptors (Lipinski definition) is 1. The van der Waals surface area contributed by atoms with Gasteiger partial charge in [0.25, 0.3) is 0 Å². The summed E-state index contributed by atoms with van der Waals surface area (Å²) in [6.45, 7) is 17.7. The number of aliphatic carboxylic acids is 1. The van der Waals surface area contributed by atoms with E-state index in [1.807, 2.05) is 0 Å². The Kier molecular flexibility index (Phi) is 8.16. The molecule has 0 aliphatic carbocycles. The van der Waals surface area contributed by atoms with Crippen molar-refractivity contribution >= 4 is 5.97 Å². The lowest BCUT2D eigenvalue weighted by Gasteiger charge is -2.61. The number of hydrogen-bond donors (Lipinski definition) is 1. The molecule has 1 unspecified atom stereocenters. The van der Waals surface area contributed by atoms with Crippen LogP contribution in [0.3, 0.4) is 0 Å². The van der Waals surface area contributed by atoms with Gasteiger partial charge in [0.2, 0.25) is 0 Å². The van der Waals surface area contributed by atoms with E-state index < -0.39 is 11.4 Å². The van der Waals surface area contributed by atoms with Crippen LogP contribution in [0.15, 0.2) is 0 Å². The number of rotatable bonds is 11. The fourth-order valence-corrected chi connectivity index (χ4v) is 6.03. The Hall–Kier alpha value is -0.530. The van der Waals surface area contributed by atoms with Crippen LogP contribution in [0.4, 0.5) is 0 Å². The van der Waals surface area contributed by atoms with Gasteiger partial charge >= 0.3 is 5.97 Å². The van der Waals surface area contributed by atoms with Gasteiger partial charge in [-0.25, -0.2) is 0 Å². The molecular formula is C20H40O2. The standard InChI is InChI=1S/C20H40O2/c1-9-16(8)18(10-2,11-3)20(14-6,15-7)19(12-4,13-5)17(21)22/h16H,9-15H2,1-8H3,(H,21,22). The molecule has 0 spiro atoms. The summed E-state index contributed by atoms with van der Waals surface area (Å²) in [6, 6.07) is 0. The second kappa shape index (κ2) is 8.36. The summed E-state index contributed by atoms with van der Waals surface area (Å²) < 4.78 is 0. The quantitative estimate of drug-likeness (QED) is 0.470. The van der Waals surface area contributed by atoms with Gasteiger partial charge in [-0.3, -0.25) is 4.79 Å². The van der Waals surface area contributed by atoms with Gasteiger partial charge in [-0.15, -0.1) is 0 Å². The molecule has 2 heteroatoms. The highest BCUT2D eigenvalue weighted by Gasteiger charge is 2.62. The monoisotopic (exact) mass is 312 g/mol. The van der Waals surface area contributed by atoms with Gasteiger partial charge < -0.3 is 5.11 Å². The van der Waals surface area contributed by atoms with Crippen LogP contribution in [0.1, 0.15) is 100 Å². The summed E-state index contributed by atoms with van der Waals surface area (Å²) >= 11 is 0. The smallest absolute Gasteiger partial charge is 0.310 e. The van der Waals surface area contributed by atoms with Gasteiger partial charge in [0.1, 0.15) is 0 Å². The van der Waals surface area contributed by atoms with Gasteiger partial charge in [0, 0.05) is 0 Å². The van der Waals surface area contributed by atoms with Crippen molar-refractivity contribution in [2.45, 2.75) is 100 Å². The molecule has 0 aliphatic heterocycles. The molecule has 0 bridgehead atoms. The average molecular weight is 313 g/mol. The molecule has 0 radical (unpaired) electrons. The SMILES string of the molecule is CCC(C)C(CC)(CC)C(CC)(CC)C(CC)(CC)C(=O)O. The van der Waals surface area contributed by atoms with E-state index in [0.717, 1.165) is 44.9 Å². The van der Waals surface area contributed by atoms with Gasteiger partial charge in [-0.1, -0.05) is 61.8 Å². The summed E-state index contributed by atoms with van der Waals surface area (Å²) in [4.78, 5) is 12.4. The van der Waals surface area contributed by atoms with Crippen molar-refractivity contribution in [3.63, 3.8) is 0 Å². The number of carbonyl (C=O) groups is 1. The maximum Gasteiger partial charge on any atom is 0.310 e. The summed E-state index contributed by atoms with van der Waals surface area (Å²) in [5.74, 6) is -0.0463. The van der Waals surface area contributed by atoms with E-state index in [0.29, 0.717) is 5.92 Å². The van der Waals surface area contributed by atoms with Crippen molar-refractivity contribution in [3.8, 4) is 0 Å². The number of carboxylic acids is 1. The Morgan fingerprint density at radius 1 is 0.818 bits per heavy atom. The first-order valence-corrected chi connectivity index (χ1v) is 9.52. The van der Waals surface area contributed by atoms with Gasteiger partial charge in [-0.2, -0.15) is 0 Å². The highest BCUT2D eigenvalue weighted by atomic mass is 16.4. The minimum Gasteiger partial charge on any atom is -0.481 e. The van der Waals surface area contributed by atoms with Crippen LogP contribution in [0.5, 0.6) is 0 Å². The highest BCUT2D eigenvalue weighted by molar-refractivity contribution is 5.76. The Morgan fingerprint density at radius 3 is 1.41 bits per heavy atom. The van der Waals surface area contributed by atoms with Crippen LogP contribution in [0, 0.1) is 22.2 Å². The van der Waals surface area contributed by atoms with E-state index in [9.17, 15) is 9.90 Å². The third kappa shape index (κ3) is 2.71. The van der Waals surface area contributed by atoms with Crippen LogP contribution >= 0.6 is 0 Å². The molecule has 1 atom stereocenters. The maximum absolute atomic E-state index is 12.4. The van der Waals surface area contributed by atoms with Crippen molar-refractivity contribution in [1.82, 2.24) is 0 Å². The lowest BCUT2D eigenvalue weighted by Crippen LogP contribution is -2.58. The minimum absolute atomic E-state index is 0.0929. The van der Waals surface area contributed by atoms with Gasteiger partial charge in [-0.05, 0) is 55.3 Å². The topological polar surface area (TPSA) is 37.3 Å². The molecule has 22 heavy (non-hydrogen) atoms. The fourth-order valence-electron chi connectivity index (χ4n) is 6.03. The van der Waals surface area contributed by atoms with Crippen molar-refractivity contribution in [2.24, 2.45) is 22.2 Å². The normalized spacial score (nSPS) is 14.9. The molecular weight excluding hydrogens is 272 g/mol. The predicted molar refractivity (Wildman–Crippen MR) is 96.1 cm³/mol. The van der Waals surface area contributed by atoms with E-state index in [-0.39, 0.29) is 10.8 Å². The van der Waals surface area contributed by atoms with Crippen molar-refractivity contribution in [3.05, 3.63) is 0 Å². The fraction of sp³-hybridized carbons (Fsp3) is 0.950. The lowest BCUT2D eigenvalue weighted by molar-refractivity contribution is -0.184.